The molecule has 118 valence electrons. The summed E-state index contributed by atoms with van der Waals surface area (Å²) in [6, 6.07) is 2.82. The van der Waals surface area contributed by atoms with E-state index < -0.39 is 44.6 Å². The maximum atomic E-state index is 12.8. The van der Waals surface area contributed by atoms with E-state index in [0.717, 1.165) is 6.07 Å². The van der Waals surface area contributed by atoms with E-state index in [1.807, 2.05) is 0 Å². The zero-order valence-corrected chi connectivity index (χ0v) is 11.9. The topological polar surface area (TPSA) is 86.5 Å². The lowest BCUT2D eigenvalue weighted by molar-refractivity contribution is -0.140. The number of carbonyl (C=O) groups is 1. The van der Waals surface area contributed by atoms with Crippen LogP contribution < -0.4 is 5.73 Å². The van der Waals surface area contributed by atoms with Gasteiger partial charge in [-0.3, -0.25) is 4.79 Å². The minimum Gasteiger partial charge on any atom is -0.465 e. The van der Waals surface area contributed by atoms with Crippen molar-refractivity contribution in [1.82, 2.24) is 0 Å². The van der Waals surface area contributed by atoms with Crippen molar-refractivity contribution >= 4 is 21.5 Å². The first-order chi connectivity index (χ1) is 9.55. The zero-order chi connectivity index (χ0) is 16.3. The molecular formula is C12H14F3NO4S. The van der Waals surface area contributed by atoms with Crippen molar-refractivity contribution in [3.05, 3.63) is 29.3 Å². The standard InChI is InChI=1S/C12H14F3NO4S/c1-2-20-11(17)7-21(18,19)6-8-3-4-9(16)5-10(8)12(13,14)15/h3-5H,2,6-7,16H2,1H3. The van der Waals surface area contributed by atoms with Crippen LogP contribution in [0.5, 0.6) is 0 Å². The average molecular weight is 325 g/mol. The Hall–Kier alpha value is -1.77. The van der Waals surface area contributed by atoms with E-state index in [9.17, 15) is 26.4 Å². The van der Waals surface area contributed by atoms with Crippen molar-refractivity contribution in [2.24, 2.45) is 0 Å². The molecule has 0 amide bonds. The molecule has 0 spiro atoms. The van der Waals surface area contributed by atoms with E-state index in [0.29, 0.717) is 6.07 Å². The van der Waals surface area contributed by atoms with Crippen molar-refractivity contribution in [2.45, 2.75) is 18.9 Å². The number of alkyl halides is 3. The first-order valence-corrected chi connectivity index (χ1v) is 7.69. The predicted molar refractivity (Wildman–Crippen MR) is 70.0 cm³/mol. The van der Waals surface area contributed by atoms with Crippen LogP contribution in [0.25, 0.3) is 0 Å². The number of hydrogen-bond acceptors (Lipinski definition) is 5. The van der Waals surface area contributed by atoms with Crippen LogP contribution in [0, 0.1) is 0 Å². The van der Waals surface area contributed by atoms with Crippen LogP contribution in [-0.4, -0.2) is 26.7 Å². The third kappa shape index (κ3) is 5.25. The number of benzene rings is 1. The van der Waals surface area contributed by atoms with Crippen LogP contribution in [0.1, 0.15) is 18.1 Å². The van der Waals surface area contributed by atoms with Gasteiger partial charge in [-0.2, -0.15) is 13.2 Å². The molecule has 0 aromatic heterocycles. The summed E-state index contributed by atoms with van der Waals surface area (Å²) >= 11 is 0. The molecule has 0 aliphatic carbocycles. The molecule has 1 aromatic rings. The molecule has 0 saturated carbocycles. The van der Waals surface area contributed by atoms with Gasteiger partial charge in [-0.1, -0.05) is 6.07 Å². The molecule has 0 saturated heterocycles. The van der Waals surface area contributed by atoms with Gasteiger partial charge in [-0.05, 0) is 24.6 Å². The Balaban J connectivity index is 3.05. The van der Waals surface area contributed by atoms with E-state index in [1.54, 1.807) is 0 Å². The summed E-state index contributed by atoms with van der Waals surface area (Å²) in [4.78, 5) is 11.1. The third-order valence-corrected chi connectivity index (χ3v) is 3.88. The third-order valence-electron chi connectivity index (χ3n) is 2.46. The maximum absolute atomic E-state index is 12.8. The summed E-state index contributed by atoms with van der Waals surface area (Å²) in [6.07, 6.45) is -4.73. The second-order valence-electron chi connectivity index (χ2n) is 4.25. The lowest BCUT2D eigenvalue weighted by atomic mass is 10.1. The first-order valence-electron chi connectivity index (χ1n) is 5.87. The van der Waals surface area contributed by atoms with Gasteiger partial charge in [0.1, 0.15) is 5.75 Å². The summed E-state index contributed by atoms with van der Waals surface area (Å²) < 4.78 is 66.5. The highest BCUT2D eigenvalue weighted by Gasteiger charge is 2.34. The number of esters is 1. The molecule has 2 N–H and O–H groups in total. The molecule has 1 rings (SSSR count). The van der Waals surface area contributed by atoms with Gasteiger partial charge in [0.15, 0.2) is 9.84 Å². The molecule has 0 atom stereocenters. The molecule has 9 heteroatoms. The number of halogens is 3. The van der Waals surface area contributed by atoms with E-state index in [2.05, 4.69) is 4.74 Å². The second-order valence-corrected chi connectivity index (χ2v) is 6.32. The van der Waals surface area contributed by atoms with Crippen LogP contribution in [0.2, 0.25) is 0 Å². The van der Waals surface area contributed by atoms with Crippen LogP contribution >= 0.6 is 0 Å². The SMILES string of the molecule is CCOC(=O)CS(=O)(=O)Cc1ccc(N)cc1C(F)(F)F. The number of carbonyl (C=O) groups excluding carboxylic acids is 1. The molecule has 0 radical (unpaired) electrons. The van der Waals surface area contributed by atoms with Gasteiger partial charge in [0.2, 0.25) is 0 Å². The minimum absolute atomic E-state index is 0.00990. The molecule has 0 fully saturated rings. The smallest absolute Gasteiger partial charge is 0.416 e. The van der Waals surface area contributed by atoms with E-state index in [-0.39, 0.29) is 12.3 Å². The Morgan fingerprint density at radius 1 is 1.33 bits per heavy atom. The van der Waals surface area contributed by atoms with Gasteiger partial charge < -0.3 is 10.5 Å². The molecule has 1 aromatic carbocycles. The van der Waals surface area contributed by atoms with Gasteiger partial charge in [0.05, 0.1) is 17.9 Å². The highest BCUT2D eigenvalue weighted by Crippen LogP contribution is 2.34. The number of sulfone groups is 1. The Morgan fingerprint density at radius 3 is 2.48 bits per heavy atom. The maximum Gasteiger partial charge on any atom is 0.416 e. The van der Waals surface area contributed by atoms with Gasteiger partial charge >= 0.3 is 12.1 Å². The summed E-state index contributed by atoms with van der Waals surface area (Å²) in [5.74, 6) is -2.88. The Morgan fingerprint density at radius 2 is 1.95 bits per heavy atom. The molecule has 5 nitrogen and oxygen atoms in total. The summed E-state index contributed by atoms with van der Waals surface area (Å²) in [5, 5.41) is 0. The van der Waals surface area contributed by atoms with Gasteiger partial charge in [0, 0.05) is 5.69 Å². The lowest BCUT2D eigenvalue weighted by Gasteiger charge is -2.13. The molecule has 0 unspecified atom stereocenters. The molecular weight excluding hydrogens is 311 g/mol. The van der Waals surface area contributed by atoms with Crippen molar-refractivity contribution in [3.63, 3.8) is 0 Å². The largest absolute Gasteiger partial charge is 0.465 e. The number of rotatable bonds is 5. The van der Waals surface area contributed by atoms with Crippen LogP contribution in [0.15, 0.2) is 18.2 Å². The van der Waals surface area contributed by atoms with Crippen molar-refractivity contribution in [3.8, 4) is 0 Å². The normalized spacial score (nSPS) is 12.2. The Labute approximate surface area is 119 Å². The quantitative estimate of drug-likeness (QED) is 0.658. The number of ether oxygens (including phenoxy) is 1. The first kappa shape index (κ1) is 17.3. The van der Waals surface area contributed by atoms with Gasteiger partial charge in [-0.25, -0.2) is 8.42 Å². The van der Waals surface area contributed by atoms with E-state index in [1.165, 1.54) is 13.0 Å². The van der Waals surface area contributed by atoms with Crippen molar-refractivity contribution in [2.75, 3.05) is 18.1 Å². The summed E-state index contributed by atoms with van der Waals surface area (Å²) in [7, 11) is -4.07. The molecule has 21 heavy (non-hydrogen) atoms. The highest BCUT2D eigenvalue weighted by molar-refractivity contribution is 7.91. The van der Waals surface area contributed by atoms with Crippen LogP contribution in [-0.2, 0) is 31.3 Å². The van der Waals surface area contributed by atoms with Crippen LogP contribution in [0.4, 0.5) is 18.9 Å². The number of anilines is 1. The zero-order valence-electron chi connectivity index (χ0n) is 11.1. The number of nitrogens with two attached hydrogens (primary N) is 1. The fourth-order valence-corrected chi connectivity index (χ4v) is 2.92. The lowest BCUT2D eigenvalue weighted by Crippen LogP contribution is -2.21. The predicted octanol–water partition coefficient (Wildman–Crippen LogP) is 1.77. The molecule has 0 bridgehead atoms. The van der Waals surface area contributed by atoms with Gasteiger partial charge in [-0.15, -0.1) is 0 Å². The van der Waals surface area contributed by atoms with E-state index in [4.69, 9.17) is 5.73 Å². The summed E-state index contributed by atoms with van der Waals surface area (Å²) in [5.41, 5.74) is 3.57. The Kier molecular flexibility index (Phi) is 5.21. The van der Waals surface area contributed by atoms with Crippen LogP contribution in [0.3, 0.4) is 0 Å². The number of nitrogen functional groups attached to an aromatic ring is 1. The molecule has 0 heterocycles. The Bertz CT molecular complexity index is 626. The van der Waals surface area contributed by atoms with Crippen molar-refractivity contribution in [1.29, 1.82) is 0 Å². The minimum atomic E-state index is -4.73. The van der Waals surface area contributed by atoms with E-state index >= 15 is 0 Å². The van der Waals surface area contributed by atoms with Gasteiger partial charge in [0.25, 0.3) is 0 Å². The second kappa shape index (κ2) is 6.33. The van der Waals surface area contributed by atoms with Crippen molar-refractivity contribution < 1.29 is 31.1 Å². The summed E-state index contributed by atoms with van der Waals surface area (Å²) in [6.45, 7) is 1.48. The fraction of sp³-hybridized carbons (Fsp3) is 0.417. The monoisotopic (exact) mass is 325 g/mol. The number of hydrogen-bond donors (Lipinski definition) is 1. The fourth-order valence-electron chi connectivity index (χ4n) is 1.65. The molecule has 0 aliphatic heterocycles. The molecule has 0 aliphatic rings. The highest BCUT2D eigenvalue weighted by atomic mass is 32.2. The average Bonchev–Trinajstić information content (AvgIpc) is 2.29.